The SMILES string of the molecule is COC(=O)[C@H](Cc1ccc(-c2nc(C)c(C)n(C)c2=O)c2c1C[C@H](O)C2)NC(=O)c1c(F)cc(N2CCOC[C@@H]2C(F)(F)F)cc1F. The Morgan fingerprint density at radius 2 is 1.81 bits per heavy atom. The number of hydrogen-bond donors (Lipinski definition) is 2. The lowest BCUT2D eigenvalue weighted by Gasteiger charge is -2.38. The lowest BCUT2D eigenvalue weighted by atomic mass is 9.92. The van der Waals surface area contributed by atoms with Crippen LogP contribution in [0.25, 0.3) is 11.3 Å². The van der Waals surface area contributed by atoms with Gasteiger partial charge in [-0.05, 0) is 55.5 Å². The molecule has 0 bridgehead atoms. The van der Waals surface area contributed by atoms with Crippen molar-refractivity contribution in [1.82, 2.24) is 14.9 Å². The number of aliphatic hydroxyl groups is 1. The molecule has 1 fully saturated rings. The Labute approximate surface area is 266 Å². The first-order valence-corrected chi connectivity index (χ1v) is 14.8. The third-order valence-electron chi connectivity index (χ3n) is 8.78. The number of rotatable bonds is 7. The molecular formula is C32H33F5N4O6. The minimum atomic E-state index is -4.74. The highest BCUT2D eigenvalue weighted by molar-refractivity contribution is 5.97. The molecule has 0 spiro atoms. The average Bonchev–Trinajstić information content (AvgIpc) is 3.42. The molecule has 2 aliphatic rings. The second-order valence-electron chi connectivity index (χ2n) is 11.7. The van der Waals surface area contributed by atoms with E-state index in [0.29, 0.717) is 45.8 Å². The number of anilines is 1. The van der Waals surface area contributed by atoms with Crippen molar-refractivity contribution in [1.29, 1.82) is 0 Å². The van der Waals surface area contributed by atoms with Crippen LogP contribution in [0.15, 0.2) is 29.1 Å². The molecule has 0 saturated carbocycles. The zero-order chi connectivity index (χ0) is 34.4. The normalized spacial score (nSPS) is 18.6. The van der Waals surface area contributed by atoms with Crippen molar-refractivity contribution in [3.63, 3.8) is 0 Å². The van der Waals surface area contributed by atoms with Crippen LogP contribution in [0.1, 0.15) is 38.4 Å². The molecule has 3 aromatic rings. The number of hydrogen-bond acceptors (Lipinski definition) is 8. The number of nitrogens with zero attached hydrogens (tertiary/aromatic N) is 3. The van der Waals surface area contributed by atoms with Crippen LogP contribution in [0, 0.1) is 25.5 Å². The van der Waals surface area contributed by atoms with Crippen molar-refractivity contribution in [2.75, 3.05) is 31.8 Å². The van der Waals surface area contributed by atoms with Crippen LogP contribution in [0.5, 0.6) is 0 Å². The zero-order valence-corrected chi connectivity index (χ0v) is 26.0. The lowest BCUT2D eigenvalue weighted by molar-refractivity contribution is -0.167. The summed E-state index contributed by atoms with van der Waals surface area (Å²) in [5, 5.41) is 12.9. The molecule has 1 aromatic heterocycles. The summed E-state index contributed by atoms with van der Waals surface area (Å²) < 4.78 is 82.3. The van der Waals surface area contributed by atoms with Crippen LogP contribution in [0.3, 0.4) is 0 Å². The van der Waals surface area contributed by atoms with Gasteiger partial charge in [0.2, 0.25) is 0 Å². The first kappa shape index (κ1) is 34.0. The Kier molecular flexibility index (Phi) is 9.42. The van der Waals surface area contributed by atoms with Crippen molar-refractivity contribution in [3.8, 4) is 11.3 Å². The molecule has 2 aromatic carbocycles. The van der Waals surface area contributed by atoms with E-state index in [4.69, 9.17) is 9.47 Å². The molecule has 2 heterocycles. The summed E-state index contributed by atoms with van der Waals surface area (Å²) in [6.45, 7) is 2.43. The van der Waals surface area contributed by atoms with E-state index in [9.17, 15) is 32.7 Å². The van der Waals surface area contributed by atoms with Gasteiger partial charge in [0.05, 0.1) is 32.1 Å². The Morgan fingerprint density at radius 3 is 2.45 bits per heavy atom. The highest BCUT2D eigenvalue weighted by Crippen LogP contribution is 2.35. The van der Waals surface area contributed by atoms with Crippen molar-refractivity contribution >= 4 is 17.6 Å². The number of carbonyl (C=O) groups excluding carboxylic acids is 2. The lowest BCUT2D eigenvalue weighted by Crippen LogP contribution is -2.53. The maximum Gasteiger partial charge on any atom is 0.411 e. The minimum absolute atomic E-state index is 0.0988. The van der Waals surface area contributed by atoms with Gasteiger partial charge >= 0.3 is 12.1 Å². The van der Waals surface area contributed by atoms with Gasteiger partial charge in [0.1, 0.15) is 35.0 Å². The topological polar surface area (TPSA) is 123 Å². The number of nitrogens with one attached hydrogen (secondary N) is 1. The van der Waals surface area contributed by atoms with Crippen LogP contribution in [0.2, 0.25) is 0 Å². The van der Waals surface area contributed by atoms with Gasteiger partial charge in [-0.3, -0.25) is 9.59 Å². The van der Waals surface area contributed by atoms with E-state index in [1.807, 2.05) is 0 Å². The Morgan fingerprint density at radius 1 is 1.15 bits per heavy atom. The average molecular weight is 665 g/mol. The number of amides is 1. The minimum Gasteiger partial charge on any atom is -0.467 e. The quantitative estimate of drug-likeness (QED) is 0.292. The number of aromatic nitrogens is 2. The third kappa shape index (κ3) is 6.59. The van der Waals surface area contributed by atoms with Gasteiger partial charge in [-0.2, -0.15) is 13.2 Å². The van der Waals surface area contributed by atoms with Crippen molar-refractivity contribution in [2.24, 2.45) is 7.05 Å². The van der Waals surface area contributed by atoms with E-state index in [2.05, 4.69) is 10.3 Å². The number of benzene rings is 2. The van der Waals surface area contributed by atoms with Gasteiger partial charge in [-0.25, -0.2) is 18.6 Å². The maximum absolute atomic E-state index is 15.2. The van der Waals surface area contributed by atoms with Gasteiger partial charge in [-0.15, -0.1) is 0 Å². The molecule has 1 aliphatic heterocycles. The number of halogens is 5. The molecule has 47 heavy (non-hydrogen) atoms. The molecule has 5 rings (SSSR count). The van der Waals surface area contributed by atoms with E-state index in [1.165, 1.54) is 4.57 Å². The molecule has 0 radical (unpaired) electrons. The van der Waals surface area contributed by atoms with E-state index < -0.39 is 65.7 Å². The number of ether oxygens (including phenoxy) is 2. The van der Waals surface area contributed by atoms with Crippen molar-refractivity contribution in [3.05, 3.63) is 79.9 Å². The van der Waals surface area contributed by atoms with Gasteiger partial charge in [0.25, 0.3) is 11.5 Å². The van der Waals surface area contributed by atoms with Gasteiger partial charge < -0.3 is 29.4 Å². The number of esters is 1. The molecule has 1 saturated heterocycles. The Bertz CT molecular complexity index is 1770. The molecule has 2 N–H and O–H groups in total. The van der Waals surface area contributed by atoms with E-state index in [0.717, 1.165) is 12.0 Å². The molecule has 1 amide bonds. The second kappa shape index (κ2) is 13.0. The van der Waals surface area contributed by atoms with Gasteiger partial charge in [0, 0.05) is 37.0 Å². The fourth-order valence-electron chi connectivity index (χ4n) is 6.12. The second-order valence-corrected chi connectivity index (χ2v) is 11.7. The molecule has 3 atom stereocenters. The van der Waals surface area contributed by atoms with Crippen LogP contribution >= 0.6 is 0 Å². The number of aliphatic hydroxyl groups excluding tert-OH is 1. The fourth-order valence-corrected chi connectivity index (χ4v) is 6.12. The number of morpholine rings is 1. The van der Waals surface area contributed by atoms with E-state index >= 15 is 8.78 Å². The maximum atomic E-state index is 15.2. The summed E-state index contributed by atoms with van der Waals surface area (Å²) >= 11 is 0. The monoisotopic (exact) mass is 664 g/mol. The smallest absolute Gasteiger partial charge is 0.411 e. The molecule has 252 valence electrons. The Hall–Kier alpha value is -4.37. The predicted molar refractivity (Wildman–Crippen MR) is 159 cm³/mol. The number of fused-ring (bicyclic) bond motifs is 1. The van der Waals surface area contributed by atoms with Crippen molar-refractivity contribution in [2.45, 2.75) is 57.5 Å². The highest BCUT2D eigenvalue weighted by atomic mass is 19.4. The van der Waals surface area contributed by atoms with Gasteiger partial charge in [0.15, 0.2) is 0 Å². The van der Waals surface area contributed by atoms with Gasteiger partial charge in [-0.1, -0.05) is 12.1 Å². The molecular weight excluding hydrogens is 631 g/mol. The molecule has 0 unspecified atom stereocenters. The largest absolute Gasteiger partial charge is 0.467 e. The third-order valence-corrected chi connectivity index (χ3v) is 8.78. The summed E-state index contributed by atoms with van der Waals surface area (Å²) in [5.74, 6) is -5.11. The number of aryl methyl sites for hydroxylation is 1. The first-order chi connectivity index (χ1) is 22.1. The van der Waals surface area contributed by atoms with E-state index in [-0.39, 0.29) is 43.7 Å². The molecule has 15 heteroatoms. The summed E-state index contributed by atoms with van der Waals surface area (Å²) in [4.78, 5) is 44.3. The van der Waals surface area contributed by atoms with Crippen LogP contribution in [-0.4, -0.2) is 77.8 Å². The number of alkyl halides is 3. The zero-order valence-electron chi connectivity index (χ0n) is 26.0. The number of carbonyl (C=O) groups is 2. The molecule has 1 aliphatic carbocycles. The molecule has 10 nitrogen and oxygen atoms in total. The van der Waals surface area contributed by atoms with Crippen molar-refractivity contribution < 1.29 is 46.1 Å². The standard InChI is InChI=1S/C32H33F5N4O6/c1-15-16(2)40(3)30(44)28(38-15)20-6-5-17(21-12-19(42)13-22(20)21)9-25(31(45)46-4)39-29(43)27-23(33)10-18(11-24(27)34)41-7-8-47-14-26(41)32(35,36)37/h5-6,10-11,19,25-26,42H,7-9,12-14H2,1-4H3,(H,39,43)/t19-,25-,26+/m0/s1. The van der Waals surface area contributed by atoms with Crippen LogP contribution in [-0.2, 0) is 40.6 Å². The first-order valence-electron chi connectivity index (χ1n) is 14.8. The predicted octanol–water partition coefficient (Wildman–Crippen LogP) is 3.08. The summed E-state index contributed by atoms with van der Waals surface area (Å²) in [6, 6.07) is 0.943. The summed E-state index contributed by atoms with van der Waals surface area (Å²) in [7, 11) is 2.69. The van der Waals surface area contributed by atoms with E-state index in [1.54, 1.807) is 33.0 Å². The highest BCUT2D eigenvalue weighted by Gasteiger charge is 2.46. The Balaban J connectivity index is 1.45. The summed E-state index contributed by atoms with van der Waals surface area (Å²) in [5.41, 5.74) is 1.99. The van der Waals surface area contributed by atoms with Crippen LogP contribution < -0.4 is 15.8 Å². The summed E-state index contributed by atoms with van der Waals surface area (Å²) in [6.07, 6.45) is -5.36. The fraction of sp³-hybridized carbons (Fsp3) is 0.438. The number of methoxy groups -OCH3 is 1. The van der Waals surface area contributed by atoms with Crippen LogP contribution in [0.4, 0.5) is 27.6 Å².